The lowest BCUT2D eigenvalue weighted by Gasteiger charge is -2.22. The van der Waals surface area contributed by atoms with E-state index in [1.54, 1.807) is 13.2 Å². The predicted molar refractivity (Wildman–Crippen MR) is 77.0 cm³/mol. The maximum Gasteiger partial charge on any atom is 0.274 e. The molecule has 0 bridgehead atoms. The second-order valence-electron chi connectivity index (χ2n) is 5.33. The van der Waals surface area contributed by atoms with Crippen molar-refractivity contribution in [1.82, 2.24) is 15.1 Å². The number of aromatic amines is 1. The lowest BCUT2D eigenvalue weighted by Crippen LogP contribution is -2.38. The number of likely N-dealkylation sites (tertiary alicyclic amines) is 1. The van der Waals surface area contributed by atoms with Gasteiger partial charge in [0.05, 0.1) is 12.6 Å². The molecule has 0 aromatic carbocycles. The molecule has 2 aromatic rings. The Kier molecular flexibility index (Phi) is 3.79. The minimum Gasteiger partial charge on any atom is -0.460 e. The summed E-state index contributed by atoms with van der Waals surface area (Å²) in [6.45, 7) is 3.21. The Bertz CT molecular complexity index is 632. The number of aromatic nitrogens is 2. The number of ether oxygens (including phenoxy) is 1. The van der Waals surface area contributed by atoms with E-state index in [0.717, 1.165) is 25.1 Å². The summed E-state index contributed by atoms with van der Waals surface area (Å²) in [4.78, 5) is 14.4. The monoisotopic (exact) mass is 289 g/mol. The summed E-state index contributed by atoms with van der Waals surface area (Å²) in [5, 5.41) is 6.99. The van der Waals surface area contributed by atoms with Crippen molar-refractivity contribution in [2.24, 2.45) is 0 Å². The summed E-state index contributed by atoms with van der Waals surface area (Å²) in [5.41, 5.74) is 1.14. The molecule has 6 heteroatoms. The number of amides is 1. The number of H-pyrrole nitrogens is 1. The molecule has 1 aliphatic heterocycles. The molecule has 1 fully saturated rings. The van der Waals surface area contributed by atoms with Gasteiger partial charge in [0, 0.05) is 19.7 Å². The minimum absolute atomic E-state index is 0.0553. The maximum absolute atomic E-state index is 12.5. The number of nitrogens with one attached hydrogen (secondary N) is 1. The van der Waals surface area contributed by atoms with Gasteiger partial charge in [0.15, 0.2) is 11.5 Å². The van der Waals surface area contributed by atoms with Crippen LogP contribution in [0.4, 0.5) is 0 Å². The fraction of sp³-hybridized carbons (Fsp3) is 0.467. The SMILES string of the molecule is COC[C@H]1CCCN1C(=O)c1cc(-c2ccc(C)o2)[nH]n1. The van der Waals surface area contributed by atoms with Gasteiger partial charge < -0.3 is 14.1 Å². The Morgan fingerprint density at radius 2 is 2.43 bits per heavy atom. The van der Waals surface area contributed by atoms with Crippen LogP contribution >= 0.6 is 0 Å². The molecule has 3 rings (SSSR count). The lowest BCUT2D eigenvalue weighted by atomic mass is 10.2. The summed E-state index contributed by atoms with van der Waals surface area (Å²) in [6.07, 6.45) is 1.99. The second kappa shape index (κ2) is 5.73. The fourth-order valence-electron chi connectivity index (χ4n) is 2.75. The van der Waals surface area contributed by atoms with Crippen LogP contribution in [0.1, 0.15) is 29.1 Å². The first kappa shape index (κ1) is 13.9. The standard InChI is InChI=1S/C15H19N3O3/c1-10-5-6-14(21-10)12-8-13(17-16-12)15(19)18-7-3-4-11(18)9-20-2/h5-6,8,11H,3-4,7,9H2,1-2H3,(H,16,17)/t11-/m1/s1. The third kappa shape index (κ3) is 2.71. The number of carbonyl (C=O) groups is 1. The van der Waals surface area contributed by atoms with Crippen LogP contribution in [-0.4, -0.2) is 47.3 Å². The van der Waals surface area contributed by atoms with Gasteiger partial charge in [-0.2, -0.15) is 5.10 Å². The smallest absolute Gasteiger partial charge is 0.274 e. The lowest BCUT2D eigenvalue weighted by molar-refractivity contribution is 0.0625. The van der Waals surface area contributed by atoms with E-state index >= 15 is 0 Å². The number of nitrogens with zero attached hydrogens (tertiary/aromatic N) is 2. The van der Waals surface area contributed by atoms with Crippen LogP contribution in [0, 0.1) is 6.92 Å². The van der Waals surface area contributed by atoms with Crippen molar-refractivity contribution in [2.45, 2.75) is 25.8 Å². The molecular formula is C15H19N3O3. The molecule has 2 aromatic heterocycles. The number of furan rings is 1. The van der Waals surface area contributed by atoms with E-state index in [4.69, 9.17) is 9.15 Å². The molecule has 0 aliphatic carbocycles. The summed E-state index contributed by atoms with van der Waals surface area (Å²) in [7, 11) is 1.66. The highest BCUT2D eigenvalue weighted by Crippen LogP contribution is 2.23. The van der Waals surface area contributed by atoms with Crippen molar-refractivity contribution in [3.8, 4) is 11.5 Å². The molecule has 1 amide bonds. The number of methoxy groups -OCH3 is 1. The average Bonchev–Trinajstić information content (AvgIpc) is 3.17. The third-order valence-electron chi connectivity index (χ3n) is 3.80. The molecular weight excluding hydrogens is 270 g/mol. The van der Waals surface area contributed by atoms with Crippen molar-refractivity contribution in [3.63, 3.8) is 0 Å². The van der Waals surface area contributed by atoms with Crippen LogP contribution in [-0.2, 0) is 4.74 Å². The van der Waals surface area contributed by atoms with E-state index in [9.17, 15) is 4.79 Å². The van der Waals surface area contributed by atoms with Gasteiger partial charge in [-0.25, -0.2) is 0 Å². The highest BCUT2D eigenvalue weighted by Gasteiger charge is 2.30. The zero-order valence-corrected chi connectivity index (χ0v) is 12.3. The van der Waals surface area contributed by atoms with Crippen molar-refractivity contribution >= 4 is 5.91 Å². The van der Waals surface area contributed by atoms with Crippen molar-refractivity contribution in [1.29, 1.82) is 0 Å². The normalized spacial score (nSPS) is 18.4. The minimum atomic E-state index is -0.0553. The van der Waals surface area contributed by atoms with Gasteiger partial charge in [0.1, 0.15) is 11.5 Å². The number of hydrogen-bond donors (Lipinski definition) is 1. The number of rotatable bonds is 4. The van der Waals surface area contributed by atoms with E-state index in [1.165, 1.54) is 0 Å². The molecule has 1 N–H and O–H groups in total. The van der Waals surface area contributed by atoms with Crippen LogP contribution in [0.25, 0.3) is 11.5 Å². The molecule has 3 heterocycles. The topological polar surface area (TPSA) is 71.4 Å². The van der Waals surface area contributed by atoms with Crippen molar-refractivity contribution in [3.05, 3.63) is 29.7 Å². The maximum atomic E-state index is 12.5. The van der Waals surface area contributed by atoms with Gasteiger partial charge in [-0.1, -0.05) is 0 Å². The molecule has 1 atom stereocenters. The van der Waals surface area contributed by atoms with E-state index in [-0.39, 0.29) is 11.9 Å². The largest absolute Gasteiger partial charge is 0.460 e. The van der Waals surface area contributed by atoms with Gasteiger partial charge in [0.2, 0.25) is 0 Å². The predicted octanol–water partition coefficient (Wildman–Crippen LogP) is 2.23. The van der Waals surface area contributed by atoms with Gasteiger partial charge >= 0.3 is 0 Å². The van der Waals surface area contributed by atoms with Gasteiger partial charge in [-0.15, -0.1) is 0 Å². The van der Waals surface area contributed by atoms with Gasteiger partial charge in [0.25, 0.3) is 5.91 Å². The second-order valence-corrected chi connectivity index (χ2v) is 5.33. The molecule has 0 spiro atoms. The quantitative estimate of drug-likeness (QED) is 0.937. The molecule has 0 saturated carbocycles. The van der Waals surface area contributed by atoms with Crippen LogP contribution < -0.4 is 0 Å². The Balaban J connectivity index is 1.78. The Morgan fingerprint density at radius 1 is 1.57 bits per heavy atom. The van der Waals surface area contributed by atoms with Crippen molar-refractivity contribution < 1.29 is 13.9 Å². The first-order valence-electron chi connectivity index (χ1n) is 7.11. The molecule has 0 radical (unpaired) electrons. The van der Waals surface area contributed by atoms with E-state index in [0.29, 0.717) is 23.8 Å². The van der Waals surface area contributed by atoms with E-state index < -0.39 is 0 Å². The number of aryl methyl sites for hydroxylation is 1. The molecule has 112 valence electrons. The molecule has 6 nitrogen and oxygen atoms in total. The number of carbonyl (C=O) groups excluding carboxylic acids is 1. The number of hydrogen-bond acceptors (Lipinski definition) is 4. The van der Waals surface area contributed by atoms with Crippen LogP contribution in [0.5, 0.6) is 0 Å². The molecule has 1 aliphatic rings. The summed E-state index contributed by atoms with van der Waals surface area (Å²) in [6, 6.07) is 5.63. The van der Waals surface area contributed by atoms with Crippen LogP contribution in [0.15, 0.2) is 22.6 Å². The van der Waals surface area contributed by atoms with Crippen molar-refractivity contribution in [2.75, 3.05) is 20.3 Å². The fourth-order valence-corrected chi connectivity index (χ4v) is 2.75. The summed E-state index contributed by atoms with van der Waals surface area (Å²) in [5.74, 6) is 1.46. The molecule has 1 saturated heterocycles. The summed E-state index contributed by atoms with van der Waals surface area (Å²) < 4.78 is 10.7. The average molecular weight is 289 g/mol. The van der Waals surface area contributed by atoms with E-state index in [1.807, 2.05) is 24.0 Å². The Morgan fingerprint density at radius 3 is 3.14 bits per heavy atom. The zero-order chi connectivity index (χ0) is 14.8. The van der Waals surface area contributed by atoms with Crippen LogP contribution in [0.2, 0.25) is 0 Å². The highest BCUT2D eigenvalue weighted by molar-refractivity contribution is 5.93. The third-order valence-corrected chi connectivity index (χ3v) is 3.80. The van der Waals surface area contributed by atoms with Gasteiger partial charge in [-0.05, 0) is 31.9 Å². The zero-order valence-electron chi connectivity index (χ0n) is 12.3. The first-order valence-corrected chi connectivity index (χ1v) is 7.11. The molecule has 0 unspecified atom stereocenters. The molecule has 21 heavy (non-hydrogen) atoms. The first-order chi connectivity index (χ1) is 10.2. The Hall–Kier alpha value is -2.08. The highest BCUT2D eigenvalue weighted by atomic mass is 16.5. The summed E-state index contributed by atoms with van der Waals surface area (Å²) >= 11 is 0. The van der Waals surface area contributed by atoms with Crippen LogP contribution in [0.3, 0.4) is 0 Å². The van der Waals surface area contributed by atoms with Gasteiger partial charge in [-0.3, -0.25) is 9.89 Å². The van der Waals surface area contributed by atoms with E-state index in [2.05, 4.69) is 10.2 Å². The Labute approximate surface area is 123 Å².